The zero-order chi connectivity index (χ0) is 19.3. The Labute approximate surface area is 151 Å². The largest absolute Gasteiger partial charge is 0.479 e. The fourth-order valence-electron chi connectivity index (χ4n) is 2.19. The summed E-state index contributed by atoms with van der Waals surface area (Å²) < 4.78 is 28.1. The van der Waals surface area contributed by atoms with Crippen LogP contribution in [-0.4, -0.2) is 41.5 Å². The first-order valence-electron chi connectivity index (χ1n) is 7.77. The van der Waals surface area contributed by atoms with Crippen LogP contribution in [0.4, 0.5) is 0 Å². The summed E-state index contributed by atoms with van der Waals surface area (Å²) in [5, 5.41) is 11.5. The minimum atomic E-state index is -3.83. The minimum absolute atomic E-state index is 0.134. The lowest BCUT2D eigenvalue weighted by molar-refractivity contribution is -0.142. The van der Waals surface area contributed by atoms with E-state index in [0.717, 1.165) is 0 Å². The predicted molar refractivity (Wildman–Crippen MR) is 92.7 cm³/mol. The van der Waals surface area contributed by atoms with Gasteiger partial charge in [-0.1, -0.05) is 30.3 Å². The van der Waals surface area contributed by atoms with Gasteiger partial charge in [-0.05, 0) is 12.5 Å². The third-order valence-electron chi connectivity index (χ3n) is 3.69. The van der Waals surface area contributed by atoms with Crippen molar-refractivity contribution in [1.29, 1.82) is 0 Å². The van der Waals surface area contributed by atoms with Gasteiger partial charge in [0.1, 0.15) is 5.82 Å². The first kappa shape index (κ1) is 19.6. The van der Waals surface area contributed by atoms with Gasteiger partial charge in [0.25, 0.3) is 10.0 Å². The summed E-state index contributed by atoms with van der Waals surface area (Å²) in [6, 6.07) is 7.05. The highest BCUT2D eigenvalue weighted by atomic mass is 32.2. The summed E-state index contributed by atoms with van der Waals surface area (Å²) in [6.45, 7) is 1.49. The van der Waals surface area contributed by atoms with Gasteiger partial charge < -0.3 is 15.0 Å². The third-order valence-corrected chi connectivity index (χ3v) is 5.02. The van der Waals surface area contributed by atoms with Crippen LogP contribution in [-0.2, 0) is 26.7 Å². The van der Waals surface area contributed by atoms with E-state index in [4.69, 9.17) is 0 Å². The van der Waals surface area contributed by atoms with Crippen molar-refractivity contribution in [1.82, 2.24) is 19.6 Å². The SMILES string of the molecule is Cc1nc(S(=O)(=O)NCCC(=O)N[C@@H](C(=O)O)c2ccccc2)cn1C. The number of aryl methyl sites for hydroxylation is 2. The molecule has 0 aliphatic rings. The fourth-order valence-corrected chi connectivity index (χ4v) is 3.26. The van der Waals surface area contributed by atoms with Crippen LogP contribution in [0.2, 0.25) is 0 Å². The number of carbonyl (C=O) groups is 2. The van der Waals surface area contributed by atoms with Crippen LogP contribution in [0, 0.1) is 6.92 Å². The molecule has 1 amide bonds. The second-order valence-corrected chi connectivity index (χ2v) is 7.35. The van der Waals surface area contributed by atoms with E-state index in [0.29, 0.717) is 11.4 Å². The van der Waals surface area contributed by atoms with Crippen molar-refractivity contribution in [3.63, 3.8) is 0 Å². The molecule has 0 bridgehead atoms. The standard InChI is InChI=1S/C16H20N4O5S/c1-11-18-14(10-20(11)2)26(24,25)17-9-8-13(21)19-15(16(22)23)12-6-4-3-5-7-12/h3-7,10,15,17H,8-9H2,1-2H3,(H,19,21)(H,22,23)/t15-/m1/s1. The van der Waals surface area contributed by atoms with Gasteiger partial charge in [-0.2, -0.15) is 0 Å². The molecule has 9 nitrogen and oxygen atoms in total. The van der Waals surface area contributed by atoms with Gasteiger partial charge in [-0.3, -0.25) is 4.79 Å². The number of nitrogens with zero attached hydrogens (tertiary/aromatic N) is 2. The van der Waals surface area contributed by atoms with Gasteiger partial charge in [0.05, 0.1) is 0 Å². The summed E-state index contributed by atoms with van der Waals surface area (Å²) in [4.78, 5) is 27.3. The number of amides is 1. The van der Waals surface area contributed by atoms with Crippen LogP contribution in [0.15, 0.2) is 41.6 Å². The predicted octanol–water partition coefficient (Wildman–Crippen LogP) is 0.339. The van der Waals surface area contributed by atoms with Crippen molar-refractivity contribution >= 4 is 21.9 Å². The number of hydrogen-bond donors (Lipinski definition) is 3. The third kappa shape index (κ3) is 4.90. The second kappa shape index (κ2) is 8.11. The summed E-state index contributed by atoms with van der Waals surface area (Å²) in [7, 11) is -2.16. The summed E-state index contributed by atoms with van der Waals surface area (Å²) in [6.07, 6.45) is 1.16. The van der Waals surface area contributed by atoms with Gasteiger partial charge in [0.15, 0.2) is 11.1 Å². The van der Waals surface area contributed by atoms with Gasteiger partial charge in [-0.25, -0.2) is 22.9 Å². The monoisotopic (exact) mass is 380 g/mol. The van der Waals surface area contributed by atoms with Gasteiger partial charge in [-0.15, -0.1) is 0 Å². The highest BCUT2D eigenvalue weighted by Crippen LogP contribution is 2.13. The molecule has 1 aromatic carbocycles. The van der Waals surface area contributed by atoms with E-state index in [9.17, 15) is 23.1 Å². The van der Waals surface area contributed by atoms with Crippen LogP contribution >= 0.6 is 0 Å². The molecule has 26 heavy (non-hydrogen) atoms. The van der Waals surface area contributed by atoms with E-state index in [1.54, 1.807) is 48.9 Å². The number of hydrogen-bond acceptors (Lipinski definition) is 5. The van der Waals surface area contributed by atoms with Crippen molar-refractivity contribution < 1.29 is 23.1 Å². The Morgan fingerprint density at radius 1 is 1.27 bits per heavy atom. The van der Waals surface area contributed by atoms with E-state index >= 15 is 0 Å². The van der Waals surface area contributed by atoms with E-state index in [-0.39, 0.29) is 18.0 Å². The quantitative estimate of drug-likeness (QED) is 0.605. The average Bonchev–Trinajstić information content (AvgIpc) is 2.93. The Hall–Kier alpha value is -2.72. The van der Waals surface area contributed by atoms with E-state index in [1.807, 2.05) is 0 Å². The highest BCUT2D eigenvalue weighted by molar-refractivity contribution is 7.89. The molecule has 0 saturated heterocycles. The Morgan fingerprint density at radius 3 is 2.46 bits per heavy atom. The number of aliphatic carboxylic acids is 1. The van der Waals surface area contributed by atoms with Crippen LogP contribution in [0.25, 0.3) is 0 Å². The topological polar surface area (TPSA) is 130 Å². The van der Waals surface area contributed by atoms with Crippen molar-refractivity contribution in [3.8, 4) is 0 Å². The fraction of sp³-hybridized carbons (Fsp3) is 0.312. The molecule has 10 heteroatoms. The zero-order valence-electron chi connectivity index (χ0n) is 14.3. The second-order valence-electron chi connectivity index (χ2n) is 5.63. The van der Waals surface area contributed by atoms with E-state index in [1.165, 1.54) is 6.20 Å². The smallest absolute Gasteiger partial charge is 0.330 e. The average molecular weight is 380 g/mol. The minimum Gasteiger partial charge on any atom is -0.479 e. The number of rotatable bonds is 8. The van der Waals surface area contributed by atoms with Crippen LogP contribution in [0.1, 0.15) is 23.9 Å². The number of aromatic nitrogens is 2. The molecule has 1 atom stereocenters. The molecular weight excluding hydrogens is 360 g/mol. The highest BCUT2D eigenvalue weighted by Gasteiger charge is 2.22. The van der Waals surface area contributed by atoms with Crippen molar-refractivity contribution in [2.24, 2.45) is 7.05 Å². The molecule has 3 N–H and O–H groups in total. The van der Waals surface area contributed by atoms with Crippen molar-refractivity contribution in [3.05, 3.63) is 47.9 Å². The molecule has 0 saturated carbocycles. The Balaban J connectivity index is 1.92. The maximum Gasteiger partial charge on any atom is 0.330 e. The number of sulfonamides is 1. The molecule has 0 spiro atoms. The molecule has 2 rings (SSSR count). The molecule has 0 radical (unpaired) electrons. The van der Waals surface area contributed by atoms with Crippen molar-refractivity contribution in [2.75, 3.05) is 6.54 Å². The first-order valence-corrected chi connectivity index (χ1v) is 9.26. The van der Waals surface area contributed by atoms with E-state index in [2.05, 4.69) is 15.0 Å². The Kier molecular flexibility index (Phi) is 6.11. The number of carbonyl (C=O) groups excluding carboxylic acids is 1. The molecule has 1 heterocycles. The normalized spacial score (nSPS) is 12.5. The van der Waals surface area contributed by atoms with E-state index < -0.39 is 27.9 Å². The number of benzene rings is 1. The molecule has 0 fully saturated rings. The molecule has 0 aliphatic carbocycles. The summed E-state index contributed by atoms with van der Waals surface area (Å²) in [5.74, 6) is -1.24. The van der Waals surface area contributed by atoms with Gasteiger partial charge in [0.2, 0.25) is 5.91 Å². The number of imidazole rings is 1. The van der Waals surface area contributed by atoms with Crippen LogP contribution in [0.3, 0.4) is 0 Å². The van der Waals surface area contributed by atoms with Gasteiger partial charge in [0, 0.05) is 26.2 Å². The lowest BCUT2D eigenvalue weighted by atomic mass is 10.1. The maximum absolute atomic E-state index is 12.1. The molecular formula is C16H20N4O5S. The lowest BCUT2D eigenvalue weighted by Gasteiger charge is -2.15. The molecule has 2 aromatic rings. The maximum atomic E-state index is 12.1. The Morgan fingerprint density at radius 2 is 1.92 bits per heavy atom. The molecule has 140 valence electrons. The number of nitrogens with one attached hydrogen (secondary N) is 2. The Bertz CT molecular complexity index is 873. The lowest BCUT2D eigenvalue weighted by Crippen LogP contribution is -2.36. The van der Waals surface area contributed by atoms with Gasteiger partial charge >= 0.3 is 5.97 Å². The van der Waals surface area contributed by atoms with Crippen LogP contribution < -0.4 is 10.0 Å². The summed E-state index contributed by atoms with van der Waals surface area (Å²) >= 11 is 0. The first-order chi connectivity index (χ1) is 12.2. The number of carboxylic acids is 1. The zero-order valence-corrected chi connectivity index (χ0v) is 15.2. The molecule has 1 aromatic heterocycles. The van der Waals surface area contributed by atoms with Crippen LogP contribution in [0.5, 0.6) is 0 Å². The van der Waals surface area contributed by atoms with Crippen molar-refractivity contribution in [2.45, 2.75) is 24.4 Å². The number of carboxylic acid groups (broad SMARTS) is 1. The molecule has 0 aliphatic heterocycles. The summed E-state index contributed by atoms with van der Waals surface area (Å²) in [5.41, 5.74) is 0.429. The molecule has 0 unspecified atom stereocenters.